The number of ether oxygens (including phenoxy) is 1. The van der Waals surface area contributed by atoms with Crippen molar-refractivity contribution in [2.45, 2.75) is 45.1 Å². The van der Waals surface area contributed by atoms with Crippen LogP contribution in [0.4, 0.5) is 0 Å². The van der Waals surface area contributed by atoms with Crippen LogP contribution in [0.15, 0.2) is 54.6 Å². The van der Waals surface area contributed by atoms with Crippen molar-refractivity contribution in [3.8, 4) is 10.9 Å². The Morgan fingerprint density at radius 1 is 1.13 bits per heavy atom. The molecule has 6 heteroatoms. The number of benzene rings is 2. The lowest BCUT2D eigenvalue weighted by atomic mass is 9.75. The van der Waals surface area contributed by atoms with Gasteiger partial charge in [-0.25, -0.2) is 0 Å². The number of hydrogen-bond donors (Lipinski definition) is 1. The van der Waals surface area contributed by atoms with E-state index in [2.05, 4.69) is 22.4 Å². The lowest BCUT2D eigenvalue weighted by molar-refractivity contribution is -0.126. The second kappa shape index (κ2) is 9.63. The molecule has 0 spiro atoms. The monoisotopic (exact) mass is 440 g/mol. The van der Waals surface area contributed by atoms with Crippen LogP contribution >= 0.6 is 22.9 Å². The van der Waals surface area contributed by atoms with Crippen LogP contribution < -0.4 is 10.1 Å². The van der Waals surface area contributed by atoms with E-state index in [1.165, 1.54) is 16.9 Å². The first-order valence-corrected chi connectivity index (χ1v) is 11.5. The first-order valence-electron chi connectivity index (χ1n) is 10.3. The van der Waals surface area contributed by atoms with Gasteiger partial charge >= 0.3 is 0 Å². The molecule has 0 aliphatic heterocycles. The minimum Gasteiger partial charge on any atom is -0.431 e. The number of halogens is 1. The Morgan fingerprint density at radius 2 is 1.87 bits per heavy atom. The Kier molecular flexibility index (Phi) is 6.70. The topological polar surface area (TPSA) is 51.2 Å². The third kappa shape index (κ3) is 5.02. The average molecular weight is 441 g/mol. The van der Waals surface area contributed by atoms with Crippen molar-refractivity contribution >= 4 is 28.8 Å². The van der Waals surface area contributed by atoms with Crippen LogP contribution in [0, 0.1) is 12.8 Å². The van der Waals surface area contributed by atoms with Crippen molar-refractivity contribution in [3.05, 3.63) is 75.8 Å². The molecule has 1 N–H and O–H groups in total. The zero-order valence-corrected chi connectivity index (χ0v) is 18.5. The van der Waals surface area contributed by atoms with E-state index in [1.807, 2.05) is 49.4 Å². The van der Waals surface area contributed by atoms with E-state index < -0.39 is 0 Å². The zero-order chi connectivity index (χ0) is 20.9. The predicted molar refractivity (Wildman–Crippen MR) is 121 cm³/mol. The van der Waals surface area contributed by atoms with Gasteiger partial charge in [0.25, 0.3) is 5.19 Å². The van der Waals surface area contributed by atoms with E-state index in [1.54, 1.807) is 0 Å². The Morgan fingerprint density at radius 3 is 2.57 bits per heavy atom. The quantitative estimate of drug-likeness (QED) is 0.476. The molecule has 2 atom stereocenters. The molecule has 4 rings (SSSR count). The molecular formula is C24H25ClN2O2S. The van der Waals surface area contributed by atoms with Crippen LogP contribution in [0.5, 0.6) is 10.9 Å². The molecule has 1 aliphatic rings. The Hall–Kier alpha value is -2.37. The van der Waals surface area contributed by atoms with Gasteiger partial charge in [-0.15, -0.1) is 0 Å². The van der Waals surface area contributed by atoms with E-state index in [9.17, 15) is 4.79 Å². The summed E-state index contributed by atoms with van der Waals surface area (Å²) in [5, 5.41) is 4.16. The minimum atomic E-state index is 0.00893. The predicted octanol–water partition coefficient (Wildman–Crippen LogP) is 6.49. The molecule has 4 nitrogen and oxygen atoms in total. The molecule has 1 heterocycles. The largest absolute Gasteiger partial charge is 0.431 e. The first-order chi connectivity index (χ1) is 14.6. The Labute approximate surface area is 186 Å². The van der Waals surface area contributed by atoms with Crippen LogP contribution in [-0.4, -0.2) is 10.9 Å². The van der Waals surface area contributed by atoms with Crippen LogP contribution in [0.3, 0.4) is 0 Å². The van der Waals surface area contributed by atoms with Gasteiger partial charge in [0.05, 0.1) is 0 Å². The number of aromatic nitrogens is 1. The van der Waals surface area contributed by atoms with Gasteiger partial charge in [0.1, 0.15) is 10.9 Å². The van der Waals surface area contributed by atoms with E-state index in [0.29, 0.717) is 16.9 Å². The highest BCUT2D eigenvalue weighted by molar-refractivity contribution is 7.13. The number of nitrogens with zero attached hydrogens (tertiary/aromatic N) is 1. The summed E-state index contributed by atoms with van der Waals surface area (Å²) in [6.45, 7) is 2.49. The molecular weight excluding hydrogens is 416 g/mol. The fourth-order valence-electron chi connectivity index (χ4n) is 4.04. The molecule has 0 saturated heterocycles. The highest BCUT2D eigenvalue weighted by Crippen LogP contribution is 2.39. The SMILES string of the molecule is Cc1sc(Oc2ccc(C3CCCCC3C(=O)NCc3ccccc3)cc2)nc1Cl. The van der Waals surface area contributed by atoms with Gasteiger partial charge in [-0.1, -0.05) is 78.2 Å². The highest BCUT2D eigenvalue weighted by atomic mass is 35.5. The molecule has 1 fully saturated rings. The maximum atomic E-state index is 12.9. The molecule has 3 aromatic rings. The molecule has 0 bridgehead atoms. The van der Waals surface area contributed by atoms with Crippen LogP contribution in [0.1, 0.15) is 47.6 Å². The van der Waals surface area contributed by atoms with E-state index >= 15 is 0 Å². The number of hydrogen-bond acceptors (Lipinski definition) is 4. The number of carbonyl (C=O) groups excluding carboxylic acids is 1. The molecule has 0 radical (unpaired) electrons. The minimum absolute atomic E-state index is 0.00893. The van der Waals surface area contributed by atoms with Crippen molar-refractivity contribution in [1.82, 2.24) is 10.3 Å². The maximum Gasteiger partial charge on any atom is 0.280 e. The zero-order valence-electron chi connectivity index (χ0n) is 16.9. The van der Waals surface area contributed by atoms with Crippen molar-refractivity contribution in [2.75, 3.05) is 0 Å². The van der Waals surface area contributed by atoms with Crippen molar-refractivity contribution in [3.63, 3.8) is 0 Å². The first kappa shape index (κ1) is 20.9. The van der Waals surface area contributed by atoms with Crippen molar-refractivity contribution in [2.24, 2.45) is 5.92 Å². The number of nitrogens with one attached hydrogen (secondary N) is 1. The van der Waals surface area contributed by atoms with E-state index in [0.717, 1.165) is 41.9 Å². The summed E-state index contributed by atoms with van der Waals surface area (Å²) in [5.41, 5.74) is 2.31. The highest BCUT2D eigenvalue weighted by Gasteiger charge is 2.31. The fraction of sp³-hybridized carbons (Fsp3) is 0.333. The smallest absolute Gasteiger partial charge is 0.280 e. The summed E-state index contributed by atoms with van der Waals surface area (Å²) in [7, 11) is 0. The third-order valence-corrected chi connectivity index (χ3v) is 6.97. The second-order valence-electron chi connectivity index (χ2n) is 7.70. The van der Waals surface area contributed by atoms with Gasteiger partial charge in [-0.3, -0.25) is 4.79 Å². The summed E-state index contributed by atoms with van der Waals surface area (Å²) in [6, 6.07) is 18.1. The van der Waals surface area contributed by atoms with Crippen LogP contribution in [-0.2, 0) is 11.3 Å². The number of aryl methyl sites for hydroxylation is 1. The van der Waals surface area contributed by atoms with Crippen LogP contribution in [0.25, 0.3) is 0 Å². The number of amides is 1. The van der Waals surface area contributed by atoms with Crippen molar-refractivity contribution < 1.29 is 9.53 Å². The molecule has 2 aromatic carbocycles. The van der Waals surface area contributed by atoms with E-state index in [-0.39, 0.29) is 17.7 Å². The van der Waals surface area contributed by atoms with Crippen LogP contribution in [0.2, 0.25) is 5.15 Å². The summed E-state index contributed by atoms with van der Waals surface area (Å²) in [6.07, 6.45) is 4.22. The molecule has 30 heavy (non-hydrogen) atoms. The normalized spacial score (nSPS) is 18.7. The lowest BCUT2D eigenvalue weighted by Crippen LogP contribution is -2.35. The molecule has 1 amide bonds. The summed E-state index contributed by atoms with van der Waals surface area (Å²) in [5.74, 6) is 1.12. The number of thiazole rings is 1. The van der Waals surface area contributed by atoms with Crippen molar-refractivity contribution in [1.29, 1.82) is 0 Å². The molecule has 1 aromatic heterocycles. The fourth-order valence-corrected chi connectivity index (χ4v) is 4.95. The molecule has 1 aliphatic carbocycles. The standard InChI is InChI=1S/C24H25ClN2O2S/c1-16-22(25)27-24(30-16)29-19-13-11-18(12-14-19)20-9-5-6-10-21(20)23(28)26-15-17-7-3-2-4-8-17/h2-4,7-8,11-14,20-21H,5-6,9-10,15H2,1H3,(H,26,28). The Bertz CT molecular complexity index is 969. The molecule has 1 saturated carbocycles. The van der Waals surface area contributed by atoms with E-state index in [4.69, 9.17) is 16.3 Å². The molecule has 2 unspecified atom stereocenters. The maximum absolute atomic E-state index is 12.9. The van der Waals surface area contributed by atoms with Gasteiger partial charge < -0.3 is 10.1 Å². The number of rotatable bonds is 6. The molecule has 156 valence electrons. The third-order valence-electron chi connectivity index (χ3n) is 5.65. The van der Waals surface area contributed by atoms with Gasteiger partial charge in [0, 0.05) is 17.3 Å². The van der Waals surface area contributed by atoms with Gasteiger partial charge in [0.2, 0.25) is 5.91 Å². The number of carbonyl (C=O) groups is 1. The average Bonchev–Trinajstić information content (AvgIpc) is 3.10. The Balaban J connectivity index is 1.42. The summed E-state index contributed by atoms with van der Waals surface area (Å²) in [4.78, 5) is 18.1. The summed E-state index contributed by atoms with van der Waals surface area (Å²) < 4.78 is 5.83. The second-order valence-corrected chi connectivity index (χ2v) is 9.22. The summed E-state index contributed by atoms with van der Waals surface area (Å²) >= 11 is 7.45. The van der Waals surface area contributed by atoms with Gasteiger partial charge in [-0.05, 0) is 48.9 Å². The van der Waals surface area contributed by atoms with Gasteiger partial charge in [-0.2, -0.15) is 4.98 Å². The van der Waals surface area contributed by atoms with Gasteiger partial charge in [0.15, 0.2) is 0 Å². The lowest BCUT2D eigenvalue weighted by Gasteiger charge is -2.31.